The second kappa shape index (κ2) is 6.48. The van der Waals surface area contributed by atoms with Crippen molar-refractivity contribution >= 4 is 28.0 Å². The van der Waals surface area contributed by atoms with Crippen LogP contribution in [0.25, 0.3) is 21.7 Å². The van der Waals surface area contributed by atoms with Crippen molar-refractivity contribution < 1.29 is 9.52 Å². The van der Waals surface area contributed by atoms with Gasteiger partial charge in [-0.2, -0.15) is 0 Å². The first kappa shape index (κ1) is 16.1. The molecule has 0 aliphatic rings. The molecule has 3 aromatic carbocycles. The van der Waals surface area contributed by atoms with E-state index in [-0.39, 0.29) is 5.75 Å². The molecule has 0 bridgehead atoms. The number of aryl methyl sites for hydroxylation is 1. The number of nitrogens with zero attached hydrogens (tertiary/aromatic N) is 1. The van der Waals surface area contributed by atoms with Crippen LogP contribution in [0.1, 0.15) is 16.7 Å². The molecule has 1 heterocycles. The molecule has 0 aliphatic carbocycles. The highest BCUT2D eigenvalue weighted by molar-refractivity contribution is 6.09. The Morgan fingerprint density at radius 2 is 1.73 bits per heavy atom. The third-order valence-electron chi connectivity index (χ3n) is 4.46. The number of rotatable bonds is 3. The molecule has 4 nitrogen and oxygen atoms in total. The number of fused-ring (bicyclic) bond motifs is 3. The zero-order valence-corrected chi connectivity index (χ0v) is 14.3. The van der Waals surface area contributed by atoms with Gasteiger partial charge in [0.2, 0.25) is 0 Å². The van der Waals surface area contributed by atoms with Crippen LogP contribution in [0.15, 0.2) is 74.9 Å². The average Bonchev–Trinajstić information content (AvgIpc) is 2.64. The molecule has 0 saturated carbocycles. The lowest BCUT2D eigenvalue weighted by molar-refractivity contribution is 0.480. The Balaban J connectivity index is 1.78. The number of hydrogen-bond acceptors (Lipinski definition) is 4. The van der Waals surface area contributed by atoms with Crippen molar-refractivity contribution in [2.75, 3.05) is 0 Å². The van der Waals surface area contributed by atoms with Crippen molar-refractivity contribution in [1.82, 2.24) is 0 Å². The van der Waals surface area contributed by atoms with Crippen LogP contribution < -0.4 is 5.63 Å². The summed E-state index contributed by atoms with van der Waals surface area (Å²) in [5.41, 5.74) is 2.69. The molecular formula is C22H17NO3. The monoisotopic (exact) mass is 343 g/mol. The summed E-state index contributed by atoms with van der Waals surface area (Å²) in [4.78, 5) is 16.1. The highest BCUT2D eigenvalue weighted by Crippen LogP contribution is 2.33. The standard InChI is InChI=1S/C22H17NO3/c1-14-11-20(24)26-22-17(14)9-10-18-19(22)8-7-16(21(18)25)13-23-12-15-5-3-2-4-6-15/h2-11,13,25H,12H2,1H3. The summed E-state index contributed by atoms with van der Waals surface area (Å²) in [5, 5.41) is 12.8. The first-order chi connectivity index (χ1) is 12.6. The van der Waals surface area contributed by atoms with Gasteiger partial charge < -0.3 is 9.52 Å². The number of aromatic hydroxyl groups is 1. The summed E-state index contributed by atoms with van der Waals surface area (Å²) in [6.07, 6.45) is 1.67. The van der Waals surface area contributed by atoms with Gasteiger partial charge in [0.05, 0.1) is 6.54 Å². The summed E-state index contributed by atoms with van der Waals surface area (Å²) in [7, 11) is 0. The van der Waals surface area contributed by atoms with Gasteiger partial charge in [0, 0.05) is 34.0 Å². The molecular weight excluding hydrogens is 326 g/mol. The number of phenolic OH excluding ortho intramolecular Hbond substituents is 1. The molecule has 0 fully saturated rings. The second-order valence-corrected chi connectivity index (χ2v) is 6.24. The lowest BCUT2D eigenvalue weighted by Gasteiger charge is -2.08. The van der Waals surface area contributed by atoms with Crippen LogP contribution in [-0.2, 0) is 6.54 Å². The van der Waals surface area contributed by atoms with E-state index < -0.39 is 5.63 Å². The minimum atomic E-state index is -0.393. The van der Waals surface area contributed by atoms with Crippen molar-refractivity contribution in [2.24, 2.45) is 4.99 Å². The topological polar surface area (TPSA) is 62.8 Å². The van der Waals surface area contributed by atoms with Crippen molar-refractivity contribution in [3.63, 3.8) is 0 Å². The van der Waals surface area contributed by atoms with Crippen molar-refractivity contribution in [2.45, 2.75) is 13.5 Å². The molecule has 0 saturated heterocycles. The van der Waals surface area contributed by atoms with Crippen molar-refractivity contribution in [3.8, 4) is 5.75 Å². The van der Waals surface area contributed by atoms with Gasteiger partial charge in [0.15, 0.2) is 0 Å². The van der Waals surface area contributed by atoms with E-state index >= 15 is 0 Å². The Labute approximate surface area is 150 Å². The molecule has 4 rings (SSSR count). The Morgan fingerprint density at radius 3 is 2.54 bits per heavy atom. The van der Waals surface area contributed by atoms with Crippen LogP contribution >= 0.6 is 0 Å². The maximum Gasteiger partial charge on any atom is 0.336 e. The van der Waals surface area contributed by atoms with Gasteiger partial charge in [-0.1, -0.05) is 36.4 Å². The first-order valence-corrected chi connectivity index (χ1v) is 8.36. The molecule has 1 aromatic heterocycles. The third-order valence-corrected chi connectivity index (χ3v) is 4.46. The average molecular weight is 343 g/mol. The molecule has 26 heavy (non-hydrogen) atoms. The minimum absolute atomic E-state index is 0.130. The highest BCUT2D eigenvalue weighted by Gasteiger charge is 2.11. The molecule has 0 atom stereocenters. The summed E-state index contributed by atoms with van der Waals surface area (Å²) < 4.78 is 5.39. The number of aliphatic imine (C=N–C) groups is 1. The summed E-state index contributed by atoms with van der Waals surface area (Å²) in [6, 6.07) is 18.7. The Morgan fingerprint density at radius 1 is 1.00 bits per heavy atom. The van der Waals surface area contributed by atoms with Gasteiger partial charge in [-0.3, -0.25) is 4.99 Å². The lowest BCUT2D eigenvalue weighted by atomic mass is 10.0. The fraction of sp³-hybridized carbons (Fsp3) is 0.0909. The van der Waals surface area contributed by atoms with Gasteiger partial charge in [-0.05, 0) is 36.2 Å². The Bertz CT molecular complexity index is 1190. The largest absolute Gasteiger partial charge is 0.507 e. The van der Waals surface area contributed by atoms with Crippen LogP contribution in [0.4, 0.5) is 0 Å². The fourth-order valence-electron chi connectivity index (χ4n) is 3.12. The molecule has 0 unspecified atom stereocenters. The molecule has 128 valence electrons. The van der Waals surface area contributed by atoms with Crippen molar-refractivity contribution in [1.29, 1.82) is 0 Å². The minimum Gasteiger partial charge on any atom is -0.507 e. The van der Waals surface area contributed by atoms with Gasteiger partial charge in [-0.25, -0.2) is 4.79 Å². The molecule has 4 heteroatoms. The number of hydrogen-bond donors (Lipinski definition) is 1. The zero-order chi connectivity index (χ0) is 18.1. The van der Waals surface area contributed by atoms with Crippen LogP contribution in [-0.4, -0.2) is 11.3 Å². The predicted octanol–water partition coefficient (Wildman–Crippen LogP) is 4.58. The molecule has 0 amide bonds. The second-order valence-electron chi connectivity index (χ2n) is 6.24. The van der Waals surface area contributed by atoms with Gasteiger partial charge in [0.1, 0.15) is 11.3 Å². The van der Waals surface area contributed by atoms with Crippen molar-refractivity contribution in [3.05, 3.63) is 87.8 Å². The van der Waals surface area contributed by atoms with E-state index in [4.69, 9.17) is 4.42 Å². The summed E-state index contributed by atoms with van der Waals surface area (Å²) in [6.45, 7) is 2.42. The Kier molecular flexibility index (Phi) is 4.01. The maximum absolute atomic E-state index is 11.7. The summed E-state index contributed by atoms with van der Waals surface area (Å²) in [5.74, 6) is 0.130. The quantitative estimate of drug-likeness (QED) is 0.336. The third kappa shape index (κ3) is 2.86. The Hall–Kier alpha value is -3.40. The number of benzene rings is 3. The van der Waals surface area contributed by atoms with E-state index in [2.05, 4.69) is 4.99 Å². The summed E-state index contributed by atoms with van der Waals surface area (Å²) >= 11 is 0. The van der Waals surface area contributed by atoms with E-state index in [1.165, 1.54) is 6.07 Å². The first-order valence-electron chi connectivity index (χ1n) is 8.36. The van der Waals surface area contributed by atoms with Crippen LogP contribution in [0.5, 0.6) is 5.75 Å². The zero-order valence-electron chi connectivity index (χ0n) is 14.3. The van der Waals surface area contributed by atoms with E-state index in [1.807, 2.05) is 55.5 Å². The normalized spacial score (nSPS) is 11.6. The lowest BCUT2D eigenvalue weighted by Crippen LogP contribution is -1.98. The molecule has 0 spiro atoms. The smallest absolute Gasteiger partial charge is 0.336 e. The highest BCUT2D eigenvalue weighted by atomic mass is 16.4. The van der Waals surface area contributed by atoms with Gasteiger partial charge in [-0.15, -0.1) is 0 Å². The van der Waals surface area contributed by atoms with Crippen LogP contribution in [0.2, 0.25) is 0 Å². The van der Waals surface area contributed by atoms with Crippen LogP contribution in [0, 0.1) is 6.92 Å². The number of phenols is 1. The molecule has 1 N–H and O–H groups in total. The maximum atomic E-state index is 11.7. The van der Waals surface area contributed by atoms with E-state index in [0.717, 1.165) is 16.5 Å². The van der Waals surface area contributed by atoms with E-state index in [9.17, 15) is 9.90 Å². The molecule has 0 radical (unpaired) electrons. The van der Waals surface area contributed by atoms with Gasteiger partial charge in [0.25, 0.3) is 0 Å². The SMILES string of the molecule is Cc1cc(=O)oc2c1ccc1c(O)c(C=NCc3ccccc3)ccc12. The molecule has 0 aliphatic heterocycles. The van der Waals surface area contributed by atoms with E-state index in [0.29, 0.717) is 28.5 Å². The van der Waals surface area contributed by atoms with Gasteiger partial charge >= 0.3 is 5.63 Å². The fourth-order valence-corrected chi connectivity index (χ4v) is 3.12. The van der Waals surface area contributed by atoms with Crippen LogP contribution in [0.3, 0.4) is 0 Å². The molecule has 4 aromatic rings. The predicted molar refractivity (Wildman–Crippen MR) is 104 cm³/mol. The van der Waals surface area contributed by atoms with E-state index in [1.54, 1.807) is 12.3 Å².